The SMILES string of the molecule is CC(=O)c1cccc(S(=O)(=O)OC(C)(C)C)c1. The summed E-state index contributed by atoms with van der Waals surface area (Å²) in [6, 6.07) is 5.82. The predicted octanol–water partition coefficient (Wildman–Crippen LogP) is 2.39. The molecule has 0 saturated heterocycles. The standard InChI is InChI=1S/C12H16O4S/c1-9(13)10-6-5-7-11(8-10)17(14,15)16-12(2,3)4/h5-8H,1-4H3. The highest BCUT2D eigenvalue weighted by atomic mass is 32.2. The molecule has 0 saturated carbocycles. The van der Waals surface area contributed by atoms with Crippen molar-refractivity contribution in [1.29, 1.82) is 0 Å². The molecule has 1 rings (SSSR count). The summed E-state index contributed by atoms with van der Waals surface area (Å²) in [5.74, 6) is -0.183. The second-order valence-corrected chi connectivity index (χ2v) is 6.28. The molecule has 0 N–H and O–H groups in total. The molecule has 94 valence electrons. The summed E-state index contributed by atoms with van der Waals surface area (Å²) in [5, 5.41) is 0. The number of benzene rings is 1. The van der Waals surface area contributed by atoms with Crippen LogP contribution in [-0.4, -0.2) is 19.8 Å². The fourth-order valence-electron chi connectivity index (χ4n) is 1.25. The highest BCUT2D eigenvalue weighted by Gasteiger charge is 2.24. The molecule has 0 aromatic heterocycles. The monoisotopic (exact) mass is 256 g/mol. The second-order valence-electron chi connectivity index (χ2n) is 4.73. The summed E-state index contributed by atoms with van der Waals surface area (Å²) in [7, 11) is -3.83. The molecule has 0 amide bonds. The van der Waals surface area contributed by atoms with E-state index in [1.165, 1.54) is 25.1 Å². The molecule has 0 unspecified atom stereocenters. The summed E-state index contributed by atoms with van der Waals surface area (Å²) in [6.45, 7) is 6.34. The van der Waals surface area contributed by atoms with Crippen molar-refractivity contribution < 1.29 is 17.4 Å². The fraction of sp³-hybridized carbons (Fsp3) is 0.417. The molecule has 0 spiro atoms. The van der Waals surface area contributed by atoms with E-state index in [-0.39, 0.29) is 10.7 Å². The highest BCUT2D eigenvalue weighted by Crippen LogP contribution is 2.20. The van der Waals surface area contributed by atoms with E-state index < -0.39 is 15.7 Å². The Kier molecular flexibility index (Phi) is 3.74. The number of hydrogen-bond acceptors (Lipinski definition) is 4. The van der Waals surface area contributed by atoms with Crippen LogP contribution in [0.5, 0.6) is 0 Å². The highest BCUT2D eigenvalue weighted by molar-refractivity contribution is 7.86. The smallest absolute Gasteiger partial charge is 0.295 e. The predicted molar refractivity (Wildman–Crippen MR) is 64.5 cm³/mol. The van der Waals surface area contributed by atoms with Crippen molar-refractivity contribution in [1.82, 2.24) is 0 Å². The number of hydrogen-bond donors (Lipinski definition) is 0. The third kappa shape index (κ3) is 3.94. The Morgan fingerprint density at radius 1 is 1.24 bits per heavy atom. The Hall–Kier alpha value is -1.20. The molecule has 4 nitrogen and oxygen atoms in total. The third-order valence-corrected chi connectivity index (χ3v) is 3.44. The van der Waals surface area contributed by atoms with Crippen molar-refractivity contribution in [3.8, 4) is 0 Å². The Labute approximate surface area is 102 Å². The fourth-order valence-corrected chi connectivity index (χ4v) is 2.52. The molecule has 1 aromatic carbocycles. The molecule has 1 aromatic rings. The largest absolute Gasteiger partial charge is 0.297 e. The van der Waals surface area contributed by atoms with Crippen LogP contribution in [0.4, 0.5) is 0 Å². The van der Waals surface area contributed by atoms with Crippen molar-refractivity contribution in [2.24, 2.45) is 0 Å². The van der Waals surface area contributed by atoms with E-state index in [9.17, 15) is 13.2 Å². The van der Waals surface area contributed by atoms with Gasteiger partial charge in [0.15, 0.2) is 5.78 Å². The first-order valence-corrected chi connectivity index (χ1v) is 6.59. The zero-order chi connectivity index (χ0) is 13.3. The first-order chi connectivity index (χ1) is 7.62. The van der Waals surface area contributed by atoms with Gasteiger partial charge >= 0.3 is 0 Å². The molecule has 0 fully saturated rings. The van der Waals surface area contributed by atoms with Gasteiger partial charge in [-0.25, -0.2) is 0 Å². The molecule has 0 heterocycles. The molecule has 0 bridgehead atoms. The first-order valence-electron chi connectivity index (χ1n) is 5.18. The zero-order valence-corrected chi connectivity index (χ0v) is 11.2. The number of ketones is 1. The van der Waals surface area contributed by atoms with Crippen molar-refractivity contribution in [3.63, 3.8) is 0 Å². The lowest BCUT2D eigenvalue weighted by Crippen LogP contribution is -2.24. The zero-order valence-electron chi connectivity index (χ0n) is 10.4. The van der Waals surface area contributed by atoms with E-state index in [4.69, 9.17) is 4.18 Å². The van der Waals surface area contributed by atoms with Crippen LogP contribution in [0, 0.1) is 0 Å². The van der Waals surface area contributed by atoms with Gasteiger partial charge in [-0.05, 0) is 39.8 Å². The molecule has 5 heteroatoms. The molecule has 0 atom stereocenters. The Morgan fingerprint density at radius 3 is 2.29 bits per heavy atom. The van der Waals surface area contributed by atoms with Gasteiger partial charge in [-0.2, -0.15) is 8.42 Å². The van der Waals surface area contributed by atoms with Crippen molar-refractivity contribution >= 4 is 15.9 Å². The summed E-state index contributed by atoms with van der Waals surface area (Å²) < 4.78 is 28.8. The molecular weight excluding hydrogens is 240 g/mol. The van der Waals surface area contributed by atoms with Gasteiger partial charge in [0.25, 0.3) is 10.1 Å². The average molecular weight is 256 g/mol. The number of carbonyl (C=O) groups is 1. The number of carbonyl (C=O) groups excluding carboxylic acids is 1. The maximum Gasteiger partial charge on any atom is 0.297 e. The quantitative estimate of drug-likeness (QED) is 0.615. The summed E-state index contributed by atoms with van der Waals surface area (Å²) in [4.78, 5) is 11.2. The Bertz CT molecular complexity index is 524. The van der Waals surface area contributed by atoms with E-state index in [1.807, 2.05) is 0 Å². The van der Waals surface area contributed by atoms with E-state index in [0.29, 0.717) is 5.56 Å². The van der Waals surface area contributed by atoms with Crippen LogP contribution >= 0.6 is 0 Å². The van der Waals surface area contributed by atoms with Gasteiger partial charge in [-0.15, -0.1) is 0 Å². The van der Waals surface area contributed by atoms with Gasteiger partial charge in [0.1, 0.15) is 0 Å². The van der Waals surface area contributed by atoms with Crippen molar-refractivity contribution in [3.05, 3.63) is 29.8 Å². The lowest BCUT2D eigenvalue weighted by Gasteiger charge is -2.18. The second kappa shape index (κ2) is 4.58. The van der Waals surface area contributed by atoms with Crippen LogP contribution in [0.1, 0.15) is 38.1 Å². The molecule has 0 aliphatic rings. The van der Waals surface area contributed by atoms with Crippen molar-refractivity contribution in [2.45, 2.75) is 38.2 Å². The first kappa shape index (κ1) is 13.9. The topological polar surface area (TPSA) is 60.4 Å². The summed E-state index contributed by atoms with van der Waals surface area (Å²) in [6.07, 6.45) is 0. The van der Waals surface area contributed by atoms with E-state index in [0.717, 1.165) is 0 Å². The number of Topliss-reactive ketones (excluding diaryl/α,β-unsaturated/α-hetero) is 1. The molecule has 0 radical (unpaired) electrons. The van der Waals surface area contributed by atoms with Gasteiger partial charge in [0.05, 0.1) is 10.5 Å². The van der Waals surface area contributed by atoms with E-state index in [1.54, 1.807) is 26.8 Å². The minimum atomic E-state index is -3.83. The lowest BCUT2D eigenvalue weighted by molar-refractivity contribution is 0.101. The van der Waals surface area contributed by atoms with Crippen LogP contribution in [0.15, 0.2) is 29.2 Å². The maximum absolute atomic E-state index is 11.9. The van der Waals surface area contributed by atoms with Crippen LogP contribution in [-0.2, 0) is 14.3 Å². The molecule has 17 heavy (non-hydrogen) atoms. The van der Waals surface area contributed by atoms with Gasteiger partial charge in [-0.3, -0.25) is 8.98 Å². The minimum absolute atomic E-state index is 0.000116. The van der Waals surface area contributed by atoms with Gasteiger partial charge < -0.3 is 0 Å². The molecule has 0 aliphatic heterocycles. The number of rotatable bonds is 3. The lowest BCUT2D eigenvalue weighted by atomic mass is 10.2. The van der Waals surface area contributed by atoms with Gasteiger partial charge in [0.2, 0.25) is 0 Å². The Balaban J connectivity index is 3.16. The van der Waals surface area contributed by atoms with Crippen LogP contribution in [0.3, 0.4) is 0 Å². The third-order valence-electron chi connectivity index (χ3n) is 1.89. The van der Waals surface area contributed by atoms with Crippen LogP contribution in [0.2, 0.25) is 0 Å². The van der Waals surface area contributed by atoms with Gasteiger partial charge in [-0.1, -0.05) is 12.1 Å². The normalized spacial score (nSPS) is 12.5. The van der Waals surface area contributed by atoms with Crippen LogP contribution in [0.25, 0.3) is 0 Å². The summed E-state index contributed by atoms with van der Waals surface area (Å²) >= 11 is 0. The van der Waals surface area contributed by atoms with Crippen LogP contribution < -0.4 is 0 Å². The molecule has 0 aliphatic carbocycles. The minimum Gasteiger partial charge on any atom is -0.295 e. The summed E-state index contributed by atoms with van der Waals surface area (Å²) in [5.41, 5.74) is -0.450. The van der Waals surface area contributed by atoms with E-state index in [2.05, 4.69) is 0 Å². The maximum atomic E-state index is 11.9. The molecular formula is C12H16O4S. The average Bonchev–Trinajstić information content (AvgIpc) is 2.14. The Morgan fingerprint density at radius 2 is 1.82 bits per heavy atom. The van der Waals surface area contributed by atoms with Gasteiger partial charge in [0, 0.05) is 5.56 Å². The van der Waals surface area contributed by atoms with E-state index >= 15 is 0 Å². The van der Waals surface area contributed by atoms with Crippen molar-refractivity contribution in [2.75, 3.05) is 0 Å².